The maximum atomic E-state index is 12.6. The van der Waals surface area contributed by atoms with E-state index in [2.05, 4.69) is 51.8 Å². The molecular weight excluding hydrogens is 248 g/mol. The van der Waals surface area contributed by atoms with Crippen LogP contribution < -0.4 is 5.32 Å². The van der Waals surface area contributed by atoms with Gasteiger partial charge in [-0.05, 0) is 47.5 Å². The highest BCUT2D eigenvalue weighted by Gasteiger charge is 2.37. The fourth-order valence-corrected chi connectivity index (χ4v) is 3.64. The van der Waals surface area contributed by atoms with Crippen molar-refractivity contribution in [2.24, 2.45) is 0 Å². The lowest BCUT2D eigenvalue weighted by atomic mass is 9.86. The molecule has 1 saturated heterocycles. The van der Waals surface area contributed by atoms with Crippen LogP contribution in [0.25, 0.3) is 0 Å². The van der Waals surface area contributed by atoms with Crippen molar-refractivity contribution in [1.82, 2.24) is 10.2 Å². The summed E-state index contributed by atoms with van der Waals surface area (Å²) in [6, 6.07) is 0.322. The summed E-state index contributed by atoms with van der Waals surface area (Å²) >= 11 is 0. The van der Waals surface area contributed by atoms with Gasteiger partial charge < -0.3 is 10.2 Å². The van der Waals surface area contributed by atoms with Gasteiger partial charge in [-0.1, -0.05) is 26.2 Å². The van der Waals surface area contributed by atoms with Crippen molar-refractivity contribution in [3.63, 3.8) is 0 Å². The second-order valence-corrected chi connectivity index (χ2v) is 7.77. The topological polar surface area (TPSA) is 32.3 Å². The van der Waals surface area contributed by atoms with Crippen LogP contribution in [-0.4, -0.2) is 34.5 Å². The van der Waals surface area contributed by atoms with Crippen LogP contribution in [-0.2, 0) is 4.79 Å². The van der Waals surface area contributed by atoms with E-state index in [-0.39, 0.29) is 11.1 Å². The molecule has 0 spiro atoms. The maximum absolute atomic E-state index is 12.6. The Morgan fingerprint density at radius 1 is 1.15 bits per heavy atom. The van der Waals surface area contributed by atoms with Crippen LogP contribution in [0.4, 0.5) is 0 Å². The van der Waals surface area contributed by atoms with E-state index in [0.717, 1.165) is 19.4 Å². The van der Waals surface area contributed by atoms with Gasteiger partial charge in [0, 0.05) is 30.1 Å². The molecule has 0 aromatic rings. The van der Waals surface area contributed by atoms with Crippen LogP contribution in [0.2, 0.25) is 0 Å². The molecule has 1 fully saturated rings. The van der Waals surface area contributed by atoms with E-state index in [1.807, 2.05) is 0 Å². The first-order valence-corrected chi connectivity index (χ1v) is 8.26. The van der Waals surface area contributed by atoms with E-state index in [0.29, 0.717) is 18.4 Å². The molecule has 3 heteroatoms. The zero-order chi connectivity index (χ0) is 15.4. The highest BCUT2D eigenvalue weighted by atomic mass is 16.2. The van der Waals surface area contributed by atoms with E-state index >= 15 is 0 Å². The number of hydrogen-bond donors (Lipinski definition) is 1. The number of carbonyl (C=O) groups excluding carboxylic acids is 1. The van der Waals surface area contributed by atoms with Gasteiger partial charge in [0.05, 0.1) is 0 Å². The quantitative estimate of drug-likeness (QED) is 0.779. The van der Waals surface area contributed by atoms with Crippen LogP contribution in [0.5, 0.6) is 0 Å². The molecule has 1 aliphatic rings. The standard InChI is InChI=1S/C17H34N2O/c1-7-8-9-10-11-19-14(2)12-16(3,4)18-17(5,6)13-15(19)20/h14,18H,7-13H2,1-6H3. The molecule has 0 aromatic carbocycles. The van der Waals surface area contributed by atoms with E-state index in [9.17, 15) is 4.79 Å². The zero-order valence-electron chi connectivity index (χ0n) is 14.4. The molecule has 1 atom stereocenters. The lowest BCUT2D eigenvalue weighted by Crippen LogP contribution is -2.59. The van der Waals surface area contributed by atoms with E-state index < -0.39 is 0 Å². The van der Waals surface area contributed by atoms with Gasteiger partial charge in [-0.15, -0.1) is 0 Å². The molecular formula is C17H34N2O. The molecule has 1 heterocycles. The molecule has 0 aliphatic carbocycles. The van der Waals surface area contributed by atoms with Gasteiger partial charge in [-0.2, -0.15) is 0 Å². The average Bonchev–Trinajstić information content (AvgIpc) is 2.23. The minimum Gasteiger partial charge on any atom is -0.340 e. The first-order valence-electron chi connectivity index (χ1n) is 8.26. The van der Waals surface area contributed by atoms with Gasteiger partial charge in [0.2, 0.25) is 5.91 Å². The minimum atomic E-state index is -0.123. The number of amides is 1. The summed E-state index contributed by atoms with van der Waals surface area (Å²) in [7, 11) is 0. The molecule has 0 aromatic heterocycles. The number of unbranched alkanes of at least 4 members (excludes halogenated alkanes) is 3. The SMILES string of the molecule is CCCCCCN1C(=O)CC(C)(C)NC(C)(C)CC1C. The summed E-state index contributed by atoms with van der Waals surface area (Å²) in [5.41, 5.74) is -0.0479. The van der Waals surface area contributed by atoms with Crippen molar-refractivity contribution >= 4 is 5.91 Å². The maximum Gasteiger partial charge on any atom is 0.224 e. The molecule has 0 saturated carbocycles. The van der Waals surface area contributed by atoms with Gasteiger partial charge in [0.1, 0.15) is 0 Å². The van der Waals surface area contributed by atoms with Gasteiger partial charge in [0.25, 0.3) is 0 Å². The predicted octanol–water partition coefficient (Wildman–Crippen LogP) is 3.72. The number of carbonyl (C=O) groups is 1. The first kappa shape index (κ1) is 17.5. The summed E-state index contributed by atoms with van der Waals surface area (Å²) < 4.78 is 0. The van der Waals surface area contributed by atoms with Crippen molar-refractivity contribution in [2.45, 2.75) is 97.2 Å². The highest BCUT2D eigenvalue weighted by molar-refractivity contribution is 5.77. The Hall–Kier alpha value is -0.570. The Morgan fingerprint density at radius 2 is 1.80 bits per heavy atom. The smallest absolute Gasteiger partial charge is 0.224 e. The zero-order valence-corrected chi connectivity index (χ0v) is 14.4. The fraction of sp³-hybridized carbons (Fsp3) is 0.941. The molecule has 20 heavy (non-hydrogen) atoms. The second kappa shape index (κ2) is 6.93. The molecule has 1 N–H and O–H groups in total. The Balaban J connectivity index is 2.72. The Kier molecular flexibility index (Phi) is 6.06. The van der Waals surface area contributed by atoms with Gasteiger partial charge in [-0.25, -0.2) is 0 Å². The summed E-state index contributed by atoms with van der Waals surface area (Å²) in [4.78, 5) is 14.7. The molecule has 1 unspecified atom stereocenters. The van der Waals surface area contributed by atoms with Gasteiger partial charge >= 0.3 is 0 Å². The van der Waals surface area contributed by atoms with E-state index in [1.165, 1.54) is 19.3 Å². The summed E-state index contributed by atoms with van der Waals surface area (Å²) in [5, 5.41) is 3.64. The monoisotopic (exact) mass is 282 g/mol. The minimum absolute atomic E-state index is 0.0747. The largest absolute Gasteiger partial charge is 0.340 e. The van der Waals surface area contributed by atoms with Crippen molar-refractivity contribution in [3.8, 4) is 0 Å². The normalized spacial score (nSPS) is 26.2. The second-order valence-electron chi connectivity index (χ2n) is 7.77. The van der Waals surface area contributed by atoms with Crippen LogP contribution in [0.1, 0.15) is 80.1 Å². The summed E-state index contributed by atoms with van der Waals surface area (Å²) in [5.74, 6) is 0.307. The van der Waals surface area contributed by atoms with Gasteiger partial charge in [0.15, 0.2) is 0 Å². The molecule has 0 bridgehead atoms. The Morgan fingerprint density at radius 3 is 2.40 bits per heavy atom. The highest BCUT2D eigenvalue weighted by Crippen LogP contribution is 2.26. The number of nitrogens with one attached hydrogen (secondary N) is 1. The summed E-state index contributed by atoms with van der Waals surface area (Å²) in [6.07, 6.45) is 6.49. The van der Waals surface area contributed by atoms with E-state index in [1.54, 1.807) is 0 Å². The molecule has 118 valence electrons. The van der Waals surface area contributed by atoms with Crippen LogP contribution in [0, 0.1) is 0 Å². The Bertz CT molecular complexity index is 323. The van der Waals surface area contributed by atoms with Crippen LogP contribution in [0.15, 0.2) is 0 Å². The third-order valence-corrected chi connectivity index (χ3v) is 4.18. The lowest BCUT2D eigenvalue weighted by molar-refractivity contribution is -0.136. The molecule has 0 radical (unpaired) electrons. The number of hydrogen-bond acceptors (Lipinski definition) is 2. The lowest BCUT2D eigenvalue weighted by Gasteiger charge is -2.45. The van der Waals surface area contributed by atoms with Crippen molar-refractivity contribution in [1.29, 1.82) is 0 Å². The third-order valence-electron chi connectivity index (χ3n) is 4.18. The van der Waals surface area contributed by atoms with Gasteiger partial charge in [-0.3, -0.25) is 4.79 Å². The third kappa shape index (κ3) is 5.43. The predicted molar refractivity (Wildman–Crippen MR) is 85.8 cm³/mol. The summed E-state index contributed by atoms with van der Waals surface area (Å²) in [6.45, 7) is 14.1. The number of rotatable bonds is 5. The first-order chi connectivity index (χ1) is 9.17. The van der Waals surface area contributed by atoms with Crippen molar-refractivity contribution in [2.75, 3.05) is 6.54 Å². The van der Waals surface area contributed by atoms with Crippen molar-refractivity contribution < 1.29 is 4.79 Å². The molecule has 1 rings (SSSR count). The Labute approximate surface area is 125 Å². The van der Waals surface area contributed by atoms with Crippen LogP contribution >= 0.6 is 0 Å². The van der Waals surface area contributed by atoms with Crippen molar-refractivity contribution in [3.05, 3.63) is 0 Å². The molecule has 1 amide bonds. The average molecular weight is 282 g/mol. The molecule has 1 aliphatic heterocycles. The number of nitrogens with zero attached hydrogens (tertiary/aromatic N) is 1. The molecule has 3 nitrogen and oxygen atoms in total. The van der Waals surface area contributed by atoms with Crippen LogP contribution in [0.3, 0.4) is 0 Å². The van der Waals surface area contributed by atoms with E-state index in [4.69, 9.17) is 0 Å². The fourth-order valence-electron chi connectivity index (χ4n) is 3.64.